The van der Waals surface area contributed by atoms with Gasteiger partial charge < -0.3 is 10.2 Å². The smallest absolute Gasteiger partial charge is 0.0481 e. The normalized spacial score (nSPS) is 15.9. The highest BCUT2D eigenvalue weighted by atomic mass is 16.3. The molecule has 2 atom stereocenters. The molecule has 0 aromatic rings. The molecule has 2 N–H and O–H groups in total. The van der Waals surface area contributed by atoms with E-state index in [1.807, 2.05) is 0 Å². The monoisotopic (exact) mass is 202 g/mol. The van der Waals surface area contributed by atoms with Crippen LogP contribution in [0.1, 0.15) is 46.5 Å². The van der Waals surface area contributed by atoms with Crippen molar-refractivity contribution in [2.24, 2.45) is 17.8 Å². The third kappa shape index (κ3) is 6.39. The fourth-order valence-electron chi connectivity index (χ4n) is 2.17. The summed E-state index contributed by atoms with van der Waals surface area (Å²) < 4.78 is 0. The first-order chi connectivity index (χ1) is 6.63. The van der Waals surface area contributed by atoms with Crippen molar-refractivity contribution in [1.29, 1.82) is 0 Å². The molecule has 0 amide bonds. The van der Waals surface area contributed by atoms with Gasteiger partial charge in [-0.05, 0) is 24.7 Å². The zero-order valence-electron chi connectivity index (χ0n) is 9.87. The molecule has 0 rings (SSSR count). The summed E-state index contributed by atoms with van der Waals surface area (Å²) in [5.74, 6) is 1.47. The van der Waals surface area contributed by atoms with E-state index in [1.165, 1.54) is 19.3 Å². The molecule has 0 radical (unpaired) electrons. The predicted octanol–water partition coefficient (Wildman–Crippen LogP) is 2.44. The van der Waals surface area contributed by atoms with Crippen LogP contribution in [0.5, 0.6) is 0 Å². The largest absolute Gasteiger partial charge is 0.396 e. The third-order valence-electron chi connectivity index (χ3n) is 2.84. The van der Waals surface area contributed by atoms with E-state index in [0.717, 1.165) is 12.3 Å². The number of hydrogen-bond acceptors (Lipinski definition) is 2. The van der Waals surface area contributed by atoms with Crippen LogP contribution in [-0.2, 0) is 0 Å². The Balaban J connectivity index is 3.67. The zero-order valence-corrected chi connectivity index (χ0v) is 9.87. The van der Waals surface area contributed by atoms with Crippen LogP contribution >= 0.6 is 0 Å². The maximum absolute atomic E-state index is 8.95. The summed E-state index contributed by atoms with van der Waals surface area (Å²) in [4.78, 5) is 0. The molecule has 0 saturated carbocycles. The Kier molecular flexibility index (Phi) is 8.20. The van der Waals surface area contributed by atoms with Gasteiger partial charge in [-0.25, -0.2) is 0 Å². The second-order valence-corrected chi connectivity index (χ2v) is 4.70. The molecule has 2 heteroatoms. The molecule has 0 spiro atoms. The first-order valence-corrected chi connectivity index (χ1v) is 5.85. The molecule has 0 fully saturated rings. The summed E-state index contributed by atoms with van der Waals surface area (Å²) in [6.07, 6.45) is 4.69. The first kappa shape index (κ1) is 13.9. The highest BCUT2D eigenvalue weighted by Crippen LogP contribution is 2.22. The molecule has 0 aromatic heterocycles. The SMILES string of the molecule is CCC[C@H](C)C[C@H](C)CC(CO)CO. The summed E-state index contributed by atoms with van der Waals surface area (Å²) in [6.45, 7) is 6.94. The van der Waals surface area contributed by atoms with Gasteiger partial charge in [0.1, 0.15) is 0 Å². The molecular formula is C12H26O2. The van der Waals surface area contributed by atoms with Crippen LogP contribution in [0.25, 0.3) is 0 Å². The fourth-order valence-corrected chi connectivity index (χ4v) is 2.17. The molecule has 0 saturated heterocycles. The van der Waals surface area contributed by atoms with Crippen molar-refractivity contribution in [1.82, 2.24) is 0 Å². The fraction of sp³-hybridized carbons (Fsp3) is 1.00. The number of rotatable bonds is 8. The lowest BCUT2D eigenvalue weighted by atomic mass is 9.88. The van der Waals surface area contributed by atoms with Gasteiger partial charge in [-0.15, -0.1) is 0 Å². The summed E-state index contributed by atoms with van der Waals surface area (Å²) in [5.41, 5.74) is 0. The average Bonchev–Trinajstić information content (AvgIpc) is 2.14. The molecule has 0 aliphatic rings. The van der Waals surface area contributed by atoms with Gasteiger partial charge in [-0.1, -0.05) is 33.6 Å². The van der Waals surface area contributed by atoms with E-state index in [1.54, 1.807) is 0 Å². The van der Waals surface area contributed by atoms with E-state index in [2.05, 4.69) is 20.8 Å². The van der Waals surface area contributed by atoms with E-state index >= 15 is 0 Å². The van der Waals surface area contributed by atoms with Crippen molar-refractivity contribution in [2.75, 3.05) is 13.2 Å². The van der Waals surface area contributed by atoms with Crippen molar-refractivity contribution in [2.45, 2.75) is 46.5 Å². The molecule has 86 valence electrons. The highest BCUT2D eigenvalue weighted by molar-refractivity contribution is 4.64. The van der Waals surface area contributed by atoms with Crippen LogP contribution in [0.4, 0.5) is 0 Å². The van der Waals surface area contributed by atoms with Gasteiger partial charge in [0, 0.05) is 19.1 Å². The lowest BCUT2D eigenvalue weighted by molar-refractivity contribution is 0.127. The van der Waals surface area contributed by atoms with E-state index < -0.39 is 0 Å². The highest BCUT2D eigenvalue weighted by Gasteiger charge is 2.13. The lowest BCUT2D eigenvalue weighted by Gasteiger charge is -2.20. The topological polar surface area (TPSA) is 40.5 Å². The predicted molar refractivity (Wildman–Crippen MR) is 60.1 cm³/mol. The van der Waals surface area contributed by atoms with Crippen molar-refractivity contribution < 1.29 is 10.2 Å². The molecule has 2 nitrogen and oxygen atoms in total. The Morgan fingerprint density at radius 1 is 0.929 bits per heavy atom. The Hall–Kier alpha value is -0.0800. The maximum Gasteiger partial charge on any atom is 0.0481 e. The summed E-state index contributed by atoms with van der Waals surface area (Å²) in [6, 6.07) is 0. The summed E-state index contributed by atoms with van der Waals surface area (Å²) in [5, 5.41) is 17.9. The Morgan fingerprint density at radius 3 is 1.93 bits per heavy atom. The van der Waals surface area contributed by atoms with Crippen molar-refractivity contribution >= 4 is 0 Å². The van der Waals surface area contributed by atoms with Crippen molar-refractivity contribution in [3.05, 3.63) is 0 Å². The van der Waals surface area contributed by atoms with E-state index in [-0.39, 0.29) is 19.1 Å². The van der Waals surface area contributed by atoms with E-state index in [0.29, 0.717) is 5.92 Å². The third-order valence-corrected chi connectivity index (χ3v) is 2.84. The molecule has 0 aliphatic carbocycles. The summed E-state index contributed by atoms with van der Waals surface area (Å²) in [7, 11) is 0. The first-order valence-electron chi connectivity index (χ1n) is 5.85. The maximum atomic E-state index is 8.95. The van der Waals surface area contributed by atoms with Crippen LogP contribution < -0.4 is 0 Å². The van der Waals surface area contributed by atoms with E-state index in [4.69, 9.17) is 10.2 Å². The number of hydrogen-bond donors (Lipinski definition) is 2. The second kappa shape index (κ2) is 8.25. The zero-order chi connectivity index (χ0) is 11.0. The number of aliphatic hydroxyl groups excluding tert-OH is 2. The van der Waals surface area contributed by atoms with Crippen LogP contribution in [-0.4, -0.2) is 23.4 Å². The van der Waals surface area contributed by atoms with Gasteiger partial charge in [0.25, 0.3) is 0 Å². The molecule has 0 unspecified atom stereocenters. The van der Waals surface area contributed by atoms with Gasteiger partial charge in [-0.3, -0.25) is 0 Å². The van der Waals surface area contributed by atoms with Gasteiger partial charge in [0.2, 0.25) is 0 Å². The molecule has 0 heterocycles. The van der Waals surface area contributed by atoms with Gasteiger partial charge in [0.15, 0.2) is 0 Å². The minimum absolute atomic E-state index is 0.0822. The van der Waals surface area contributed by atoms with Gasteiger partial charge in [-0.2, -0.15) is 0 Å². The van der Waals surface area contributed by atoms with Crippen LogP contribution in [0.2, 0.25) is 0 Å². The number of aliphatic hydroxyl groups is 2. The Bertz CT molecular complexity index is 121. The van der Waals surface area contributed by atoms with Crippen molar-refractivity contribution in [3.63, 3.8) is 0 Å². The van der Waals surface area contributed by atoms with Gasteiger partial charge >= 0.3 is 0 Å². The minimum Gasteiger partial charge on any atom is -0.396 e. The molecule has 0 aromatic carbocycles. The molecule has 0 aliphatic heterocycles. The lowest BCUT2D eigenvalue weighted by Crippen LogP contribution is -2.16. The van der Waals surface area contributed by atoms with Crippen LogP contribution in [0.3, 0.4) is 0 Å². The van der Waals surface area contributed by atoms with Crippen LogP contribution in [0.15, 0.2) is 0 Å². The molecular weight excluding hydrogens is 176 g/mol. The molecule has 14 heavy (non-hydrogen) atoms. The van der Waals surface area contributed by atoms with Crippen molar-refractivity contribution in [3.8, 4) is 0 Å². The standard InChI is InChI=1S/C12H26O2/c1-4-5-10(2)6-11(3)7-12(8-13)9-14/h10-14H,4-9H2,1-3H3/t10-,11-/m0/s1. The second-order valence-electron chi connectivity index (χ2n) is 4.70. The minimum atomic E-state index is 0.0822. The van der Waals surface area contributed by atoms with Gasteiger partial charge in [0.05, 0.1) is 0 Å². The quantitative estimate of drug-likeness (QED) is 0.634. The Labute approximate surface area is 88.3 Å². The average molecular weight is 202 g/mol. The van der Waals surface area contributed by atoms with Crippen LogP contribution in [0, 0.1) is 17.8 Å². The molecule has 0 bridgehead atoms. The summed E-state index contributed by atoms with van der Waals surface area (Å²) >= 11 is 0. The van der Waals surface area contributed by atoms with E-state index in [9.17, 15) is 0 Å². The Morgan fingerprint density at radius 2 is 1.50 bits per heavy atom.